The minimum Gasteiger partial charge on any atom is -0.356 e. The molecule has 56 valence electrons. The van der Waals surface area contributed by atoms with Crippen LogP contribution in [0.3, 0.4) is 0 Å². The highest BCUT2D eigenvalue weighted by atomic mass is 33.5. The highest BCUT2D eigenvalue weighted by Crippen LogP contribution is 2.35. The molecule has 0 bridgehead atoms. The summed E-state index contributed by atoms with van der Waals surface area (Å²) in [6, 6.07) is 0. The van der Waals surface area contributed by atoms with Crippen LogP contribution in [-0.2, 0) is 7.05 Å². The molecule has 0 amide bonds. The first-order valence-electron chi connectivity index (χ1n) is 2.84. The summed E-state index contributed by atoms with van der Waals surface area (Å²) in [5.74, 6) is 0. The highest BCUT2D eigenvalue weighted by Gasteiger charge is 1.99. The number of aryl methyl sites for hydroxylation is 2. The van der Waals surface area contributed by atoms with Crippen LogP contribution in [0.2, 0.25) is 0 Å². The van der Waals surface area contributed by atoms with Crippen molar-refractivity contribution in [3.63, 3.8) is 0 Å². The Labute approximate surface area is 73.8 Å². The third-order valence-corrected chi connectivity index (χ3v) is 3.35. The summed E-state index contributed by atoms with van der Waals surface area (Å²) >= 11 is 4.06. The Bertz CT molecular complexity index is 219. The second-order valence-corrected chi connectivity index (χ2v) is 5.17. The van der Waals surface area contributed by atoms with E-state index in [4.69, 9.17) is 0 Å². The number of hydrogen-bond acceptors (Lipinski definition) is 3. The van der Waals surface area contributed by atoms with Gasteiger partial charge < -0.3 is 4.57 Å². The molecule has 0 radical (unpaired) electrons. The number of hydrogen-bond donors (Lipinski definition) is 1. The molecule has 0 saturated carbocycles. The lowest BCUT2D eigenvalue weighted by molar-refractivity contribution is 0.919. The van der Waals surface area contributed by atoms with Crippen LogP contribution in [0, 0.1) is 6.92 Å². The molecule has 1 nitrogen and oxygen atoms in total. The topological polar surface area (TPSA) is 4.93 Å². The SMILES string of the molecule is Cc1cn(C)cc1SSS. The van der Waals surface area contributed by atoms with Gasteiger partial charge in [-0.25, -0.2) is 0 Å². The van der Waals surface area contributed by atoms with Gasteiger partial charge in [-0.1, -0.05) is 11.7 Å². The molecule has 1 heterocycles. The van der Waals surface area contributed by atoms with Crippen LogP contribution in [0.1, 0.15) is 5.56 Å². The Hall–Kier alpha value is 0.330. The van der Waals surface area contributed by atoms with Crippen LogP contribution in [0.25, 0.3) is 0 Å². The summed E-state index contributed by atoms with van der Waals surface area (Å²) in [5.41, 5.74) is 1.31. The van der Waals surface area contributed by atoms with Gasteiger partial charge in [-0.05, 0) is 33.1 Å². The van der Waals surface area contributed by atoms with Crippen molar-refractivity contribution in [2.45, 2.75) is 11.8 Å². The number of thiol groups is 1. The van der Waals surface area contributed by atoms with Crippen LogP contribution in [-0.4, -0.2) is 4.57 Å². The van der Waals surface area contributed by atoms with Gasteiger partial charge in [-0.2, -0.15) is 0 Å². The third-order valence-electron chi connectivity index (χ3n) is 1.23. The zero-order valence-electron chi connectivity index (χ0n) is 5.87. The van der Waals surface area contributed by atoms with E-state index in [9.17, 15) is 0 Å². The summed E-state index contributed by atoms with van der Waals surface area (Å²) < 4.78 is 2.06. The van der Waals surface area contributed by atoms with Gasteiger partial charge >= 0.3 is 0 Å². The minimum atomic E-state index is 1.29. The summed E-state index contributed by atoms with van der Waals surface area (Å²) in [4.78, 5) is 1.29. The monoisotopic (exact) mass is 191 g/mol. The van der Waals surface area contributed by atoms with Crippen molar-refractivity contribution in [3.8, 4) is 0 Å². The molecule has 0 aromatic carbocycles. The largest absolute Gasteiger partial charge is 0.356 e. The Morgan fingerprint density at radius 1 is 1.50 bits per heavy atom. The summed E-state index contributed by atoms with van der Waals surface area (Å²) in [7, 11) is 5.19. The van der Waals surface area contributed by atoms with Crippen molar-refractivity contribution < 1.29 is 0 Å². The number of aromatic nitrogens is 1. The second-order valence-electron chi connectivity index (χ2n) is 2.13. The van der Waals surface area contributed by atoms with Crippen LogP contribution >= 0.6 is 32.3 Å². The molecule has 1 aromatic heterocycles. The third kappa shape index (κ3) is 1.90. The Morgan fingerprint density at radius 3 is 2.60 bits per heavy atom. The molecule has 10 heavy (non-hydrogen) atoms. The van der Waals surface area contributed by atoms with Crippen molar-refractivity contribution >= 4 is 32.3 Å². The molecule has 0 saturated heterocycles. The first kappa shape index (κ1) is 8.43. The molecule has 0 fully saturated rings. The van der Waals surface area contributed by atoms with Gasteiger partial charge in [0.15, 0.2) is 0 Å². The van der Waals surface area contributed by atoms with Crippen LogP contribution in [0.15, 0.2) is 17.3 Å². The maximum absolute atomic E-state index is 4.06. The van der Waals surface area contributed by atoms with Gasteiger partial charge in [0.25, 0.3) is 0 Å². The van der Waals surface area contributed by atoms with Crippen LogP contribution in [0.5, 0.6) is 0 Å². The van der Waals surface area contributed by atoms with E-state index in [0.29, 0.717) is 0 Å². The Balaban J connectivity index is 2.81. The maximum Gasteiger partial charge on any atom is 0.0396 e. The number of nitrogens with zero attached hydrogens (tertiary/aromatic N) is 1. The Kier molecular flexibility index (Phi) is 3.07. The van der Waals surface area contributed by atoms with Gasteiger partial charge in [-0.3, -0.25) is 0 Å². The molecule has 4 heteroatoms. The van der Waals surface area contributed by atoms with Crippen molar-refractivity contribution in [2.75, 3.05) is 0 Å². The molecule has 0 aliphatic heterocycles. The quantitative estimate of drug-likeness (QED) is 0.566. The first-order chi connectivity index (χ1) is 4.74. The molecule has 0 unspecified atom stereocenters. The molecular weight excluding hydrogens is 182 g/mol. The van der Waals surface area contributed by atoms with E-state index in [-0.39, 0.29) is 0 Å². The maximum atomic E-state index is 4.06. The van der Waals surface area contributed by atoms with E-state index in [1.807, 2.05) is 7.05 Å². The van der Waals surface area contributed by atoms with Crippen LogP contribution < -0.4 is 0 Å². The predicted octanol–water partition coefficient (Wildman–Crippen LogP) is 2.92. The Morgan fingerprint density at radius 2 is 2.20 bits per heavy atom. The fraction of sp³-hybridized carbons (Fsp3) is 0.333. The van der Waals surface area contributed by atoms with Gasteiger partial charge in [0, 0.05) is 24.3 Å². The van der Waals surface area contributed by atoms with Crippen molar-refractivity contribution in [1.82, 2.24) is 4.57 Å². The molecule has 0 aliphatic rings. The molecule has 0 aliphatic carbocycles. The van der Waals surface area contributed by atoms with Gasteiger partial charge in [0.05, 0.1) is 0 Å². The van der Waals surface area contributed by atoms with Crippen LogP contribution in [0.4, 0.5) is 0 Å². The van der Waals surface area contributed by atoms with Gasteiger partial charge in [0.1, 0.15) is 0 Å². The average molecular weight is 191 g/mol. The standard InChI is InChI=1S/C6H9NS3/c1-5-3-7(2)4-6(5)9-10-8/h3-4,8H,1-2H3. The molecule has 1 aromatic rings. The van der Waals surface area contributed by atoms with Crippen molar-refractivity contribution in [3.05, 3.63) is 18.0 Å². The highest BCUT2D eigenvalue weighted by molar-refractivity contribution is 9.05. The van der Waals surface area contributed by atoms with E-state index in [1.54, 1.807) is 10.8 Å². The summed E-state index contributed by atoms with van der Waals surface area (Å²) in [6.45, 7) is 2.10. The molecule has 1 rings (SSSR count). The molecule has 0 atom stereocenters. The molecular formula is C6H9NS3. The fourth-order valence-corrected chi connectivity index (χ4v) is 2.78. The molecule has 0 N–H and O–H groups in total. The average Bonchev–Trinajstić information content (AvgIpc) is 2.13. The van der Waals surface area contributed by atoms with E-state index < -0.39 is 0 Å². The second kappa shape index (κ2) is 3.64. The van der Waals surface area contributed by atoms with Gasteiger partial charge in [-0.15, -0.1) is 0 Å². The summed E-state index contributed by atoms with van der Waals surface area (Å²) in [6.07, 6.45) is 4.20. The lowest BCUT2D eigenvalue weighted by Crippen LogP contribution is -1.76. The zero-order valence-corrected chi connectivity index (χ0v) is 8.39. The normalized spacial score (nSPS) is 10.3. The molecule has 0 spiro atoms. The van der Waals surface area contributed by atoms with Crippen molar-refractivity contribution in [1.29, 1.82) is 0 Å². The lowest BCUT2D eigenvalue weighted by atomic mass is 10.4. The number of rotatable bonds is 2. The minimum absolute atomic E-state index is 1.29. The lowest BCUT2D eigenvalue weighted by Gasteiger charge is -1.90. The van der Waals surface area contributed by atoms with E-state index in [0.717, 1.165) is 0 Å². The van der Waals surface area contributed by atoms with Crippen molar-refractivity contribution in [2.24, 2.45) is 7.05 Å². The smallest absolute Gasteiger partial charge is 0.0396 e. The first-order valence-corrected chi connectivity index (χ1v) is 6.05. The van der Waals surface area contributed by atoms with E-state index in [2.05, 4.69) is 35.5 Å². The van der Waals surface area contributed by atoms with Gasteiger partial charge in [0.2, 0.25) is 0 Å². The zero-order chi connectivity index (χ0) is 7.56. The predicted molar refractivity (Wildman–Crippen MR) is 52.6 cm³/mol. The van der Waals surface area contributed by atoms with E-state index >= 15 is 0 Å². The van der Waals surface area contributed by atoms with E-state index in [1.165, 1.54) is 20.3 Å². The summed E-state index contributed by atoms with van der Waals surface area (Å²) in [5, 5.41) is 0. The fourth-order valence-electron chi connectivity index (χ4n) is 0.820.